The number of sulfonamides is 1. The van der Waals surface area contributed by atoms with Crippen molar-refractivity contribution in [1.29, 1.82) is 0 Å². The van der Waals surface area contributed by atoms with E-state index < -0.39 is 10.0 Å². The van der Waals surface area contributed by atoms with Crippen LogP contribution in [0.4, 0.5) is 4.39 Å². The summed E-state index contributed by atoms with van der Waals surface area (Å²) in [5.74, 6) is -0.500. The van der Waals surface area contributed by atoms with Crippen LogP contribution in [0, 0.1) is 19.7 Å². The molecule has 1 fully saturated rings. The second-order valence-electron chi connectivity index (χ2n) is 7.18. The fourth-order valence-electron chi connectivity index (χ4n) is 3.59. The zero-order valence-electron chi connectivity index (χ0n) is 16.2. The number of hydrogen-bond donors (Lipinski definition) is 0. The highest BCUT2D eigenvalue weighted by Crippen LogP contribution is 2.33. The van der Waals surface area contributed by atoms with Gasteiger partial charge in [0.1, 0.15) is 5.82 Å². The molecule has 8 heteroatoms. The van der Waals surface area contributed by atoms with E-state index in [1.165, 1.54) is 21.7 Å². The number of benzene rings is 2. The Morgan fingerprint density at radius 2 is 1.66 bits per heavy atom. The average molecular weight is 433 g/mol. The predicted octanol–water partition coefficient (Wildman–Crippen LogP) is 3.80. The lowest BCUT2D eigenvalue weighted by atomic mass is 10.1. The third kappa shape index (κ3) is 3.56. The molecule has 29 heavy (non-hydrogen) atoms. The second kappa shape index (κ2) is 7.51. The number of carbonyl (C=O) groups excluding carboxylic acids is 1. The Labute approximate surface area is 173 Å². The fourth-order valence-corrected chi connectivity index (χ4v) is 6.20. The number of aryl methyl sites for hydroxylation is 2. The average Bonchev–Trinajstić information content (AvgIpc) is 3.05. The Morgan fingerprint density at radius 3 is 2.28 bits per heavy atom. The first-order valence-corrected chi connectivity index (χ1v) is 11.6. The first-order chi connectivity index (χ1) is 13.8. The molecule has 1 aromatic heterocycles. The molecule has 0 bridgehead atoms. The molecule has 2 aromatic carbocycles. The number of piperazine rings is 1. The monoisotopic (exact) mass is 432 g/mol. The van der Waals surface area contributed by atoms with Crippen molar-refractivity contribution in [1.82, 2.24) is 9.21 Å². The van der Waals surface area contributed by atoms with Crippen molar-refractivity contribution in [3.05, 3.63) is 64.3 Å². The van der Waals surface area contributed by atoms with Crippen molar-refractivity contribution in [3.8, 4) is 0 Å². The lowest BCUT2D eigenvalue weighted by Crippen LogP contribution is -2.50. The summed E-state index contributed by atoms with van der Waals surface area (Å²) in [6, 6.07) is 11.6. The molecule has 4 rings (SSSR count). The summed E-state index contributed by atoms with van der Waals surface area (Å²) in [6.07, 6.45) is 0. The molecule has 3 aromatic rings. The second-order valence-corrected chi connectivity index (χ2v) is 10.2. The van der Waals surface area contributed by atoms with E-state index in [-0.39, 0.29) is 29.7 Å². The van der Waals surface area contributed by atoms with Crippen LogP contribution in [0.1, 0.15) is 20.8 Å². The maximum Gasteiger partial charge on any atom is 0.264 e. The molecule has 0 spiro atoms. The summed E-state index contributed by atoms with van der Waals surface area (Å²) in [6.45, 7) is 4.75. The molecule has 0 atom stereocenters. The minimum absolute atomic E-state index is 0.171. The summed E-state index contributed by atoms with van der Waals surface area (Å²) in [7, 11) is -3.58. The van der Waals surface area contributed by atoms with Gasteiger partial charge in [0.2, 0.25) is 10.0 Å². The van der Waals surface area contributed by atoms with E-state index in [0.717, 1.165) is 10.3 Å². The third-order valence-electron chi connectivity index (χ3n) is 5.28. The lowest BCUT2D eigenvalue weighted by molar-refractivity contribution is 0.0702. The summed E-state index contributed by atoms with van der Waals surface area (Å²) in [5, 5.41) is 0.487. The van der Waals surface area contributed by atoms with Gasteiger partial charge in [0.25, 0.3) is 5.91 Å². The Morgan fingerprint density at radius 1 is 1.00 bits per heavy atom. The molecule has 1 aliphatic rings. The Balaban J connectivity index is 1.51. The maximum absolute atomic E-state index is 14.1. The largest absolute Gasteiger partial charge is 0.335 e. The number of amides is 1. The van der Waals surface area contributed by atoms with Crippen LogP contribution in [-0.2, 0) is 10.0 Å². The fraction of sp³-hybridized carbons (Fsp3) is 0.286. The molecular formula is C21H21FN2O3S2. The van der Waals surface area contributed by atoms with Crippen LogP contribution >= 0.6 is 11.3 Å². The van der Waals surface area contributed by atoms with Crippen LogP contribution in [0.25, 0.3) is 10.1 Å². The smallest absolute Gasteiger partial charge is 0.264 e. The number of thiophene rings is 1. The summed E-state index contributed by atoms with van der Waals surface area (Å²) in [4.78, 5) is 15.4. The van der Waals surface area contributed by atoms with E-state index in [0.29, 0.717) is 28.9 Å². The molecule has 5 nitrogen and oxygen atoms in total. The molecule has 1 saturated heterocycles. The van der Waals surface area contributed by atoms with Gasteiger partial charge in [0.05, 0.1) is 9.77 Å². The lowest BCUT2D eigenvalue weighted by Gasteiger charge is -2.34. The number of fused-ring (bicyclic) bond motifs is 1. The summed E-state index contributed by atoms with van der Waals surface area (Å²) < 4.78 is 42.0. The van der Waals surface area contributed by atoms with Gasteiger partial charge in [0, 0.05) is 36.3 Å². The zero-order valence-corrected chi connectivity index (χ0v) is 17.8. The van der Waals surface area contributed by atoms with Crippen LogP contribution in [0.2, 0.25) is 0 Å². The Bertz CT molecular complexity index is 1180. The quantitative estimate of drug-likeness (QED) is 0.633. The minimum Gasteiger partial charge on any atom is -0.335 e. The van der Waals surface area contributed by atoms with Gasteiger partial charge < -0.3 is 4.90 Å². The number of halogens is 1. The molecule has 0 N–H and O–H groups in total. The summed E-state index contributed by atoms with van der Waals surface area (Å²) >= 11 is 1.28. The van der Waals surface area contributed by atoms with Crippen molar-refractivity contribution in [2.75, 3.05) is 26.2 Å². The number of hydrogen-bond acceptors (Lipinski definition) is 4. The molecule has 0 radical (unpaired) electrons. The standard InChI is InChI=1S/C21H21FN2O3S2/c1-14-6-8-16(9-7-14)29(26,27)24-12-10-23(11-13-24)21(25)20-15(2)19-17(22)4-3-5-18(19)28-20/h3-9H,10-13H2,1-2H3. The van der Waals surface area contributed by atoms with Gasteiger partial charge in [0.15, 0.2) is 0 Å². The molecule has 0 aliphatic carbocycles. The van der Waals surface area contributed by atoms with Crippen molar-refractivity contribution in [3.63, 3.8) is 0 Å². The van der Waals surface area contributed by atoms with E-state index in [1.807, 2.05) is 6.92 Å². The maximum atomic E-state index is 14.1. The van der Waals surface area contributed by atoms with Gasteiger partial charge in [-0.25, -0.2) is 12.8 Å². The van der Waals surface area contributed by atoms with E-state index in [1.54, 1.807) is 48.2 Å². The number of nitrogens with zero attached hydrogens (tertiary/aromatic N) is 2. The van der Waals surface area contributed by atoms with Gasteiger partial charge >= 0.3 is 0 Å². The molecule has 0 unspecified atom stereocenters. The predicted molar refractivity (Wildman–Crippen MR) is 112 cm³/mol. The van der Waals surface area contributed by atoms with Gasteiger partial charge in [-0.1, -0.05) is 23.8 Å². The zero-order chi connectivity index (χ0) is 20.8. The molecule has 152 valence electrons. The van der Waals surface area contributed by atoms with E-state index in [4.69, 9.17) is 0 Å². The van der Waals surface area contributed by atoms with Crippen LogP contribution < -0.4 is 0 Å². The first-order valence-electron chi connectivity index (χ1n) is 9.33. The molecule has 2 heterocycles. The van der Waals surface area contributed by atoms with Crippen molar-refractivity contribution < 1.29 is 17.6 Å². The SMILES string of the molecule is Cc1ccc(S(=O)(=O)N2CCN(C(=O)c3sc4cccc(F)c4c3C)CC2)cc1. The van der Waals surface area contributed by atoms with E-state index in [2.05, 4.69) is 0 Å². The molecular weight excluding hydrogens is 411 g/mol. The molecule has 0 saturated carbocycles. The van der Waals surface area contributed by atoms with E-state index in [9.17, 15) is 17.6 Å². The van der Waals surface area contributed by atoms with Crippen molar-refractivity contribution >= 4 is 37.4 Å². The first kappa shape index (κ1) is 20.0. The Hall–Kier alpha value is -2.29. The number of carbonyl (C=O) groups is 1. The highest BCUT2D eigenvalue weighted by Gasteiger charge is 2.31. The van der Waals surface area contributed by atoms with Crippen LogP contribution in [0.3, 0.4) is 0 Å². The van der Waals surface area contributed by atoms with Crippen LogP contribution in [-0.4, -0.2) is 49.7 Å². The number of rotatable bonds is 3. The highest BCUT2D eigenvalue weighted by molar-refractivity contribution is 7.89. The van der Waals surface area contributed by atoms with Gasteiger partial charge in [-0.15, -0.1) is 11.3 Å². The van der Waals surface area contributed by atoms with Gasteiger partial charge in [-0.2, -0.15) is 4.31 Å². The highest BCUT2D eigenvalue weighted by atomic mass is 32.2. The van der Waals surface area contributed by atoms with E-state index >= 15 is 0 Å². The van der Waals surface area contributed by atoms with Crippen molar-refractivity contribution in [2.24, 2.45) is 0 Å². The van der Waals surface area contributed by atoms with Gasteiger partial charge in [-0.3, -0.25) is 4.79 Å². The molecule has 1 amide bonds. The third-order valence-corrected chi connectivity index (χ3v) is 8.44. The molecule has 1 aliphatic heterocycles. The topological polar surface area (TPSA) is 57.7 Å². The van der Waals surface area contributed by atoms with Crippen LogP contribution in [0.15, 0.2) is 47.4 Å². The normalized spacial score (nSPS) is 15.8. The Kier molecular flexibility index (Phi) is 5.18. The van der Waals surface area contributed by atoms with Gasteiger partial charge in [-0.05, 0) is 43.7 Å². The van der Waals surface area contributed by atoms with Crippen molar-refractivity contribution in [2.45, 2.75) is 18.7 Å². The minimum atomic E-state index is -3.58. The summed E-state index contributed by atoms with van der Waals surface area (Å²) in [5.41, 5.74) is 1.64. The van der Waals surface area contributed by atoms with Crippen LogP contribution in [0.5, 0.6) is 0 Å².